The van der Waals surface area contributed by atoms with Crippen LogP contribution in [0, 0.1) is 6.07 Å². The zero-order chi connectivity index (χ0) is 58.3. The molecule has 0 atom stereocenters. The minimum Gasteiger partial charge on any atom is -0.509 e. The average molecular weight is 1320 g/mol. The molecule has 15 aromatic rings. The van der Waals surface area contributed by atoms with E-state index in [1.165, 1.54) is 23.9 Å². The van der Waals surface area contributed by atoms with E-state index in [1.807, 2.05) is 158 Å². The molecule has 0 saturated heterocycles. The van der Waals surface area contributed by atoms with Crippen LogP contribution in [0.25, 0.3) is 109 Å². The first-order valence-corrected chi connectivity index (χ1v) is 29.1. The number of Topliss-reactive ketones (excluding diaryl/α,β-unsaturated/α-hetero) is 1. The molecule has 0 aliphatic heterocycles. The van der Waals surface area contributed by atoms with Gasteiger partial charge in [0.05, 0.1) is 39.1 Å². The van der Waals surface area contributed by atoms with Crippen molar-refractivity contribution in [3.8, 4) is 72.7 Å². The first-order valence-electron chi connectivity index (χ1n) is 28.3. The summed E-state index contributed by atoms with van der Waals surface area (Å²) in [5, 5.41) is 16.4. The van der Waals surface area contributed by atoms with E-state index in [2.05, 4.69) is 159 Å². The van der Waals surface area contributed by atoms with Gasteiger partial charge in [-0.1, -0.05) is 206 Å². The van der Waals surface area contributed by atoms with E-state index in [9.17, 15) is 9.90 Å². The fraction of sp³-hybridized carbons (Fsp3) is 0.0260. The molecule has 1 radical (unpaired) electrons. The van der Waals surface area contributed by atoms with Crippen molar-refractivity contribution in [1.82, 2.24) is 19.1 Å². The molecule has 0 saturated carbocycles. The molecule has 10 heteroatoms. The molecule has 0 aliphatic carbocycles. The number of benzene rings is 10. The Morgan fingerprint density at radius 1 is 0.448 bits per heavy atom. The van der Waals surface area contributed by atoms with Gasteiger partial charge in [0, 0.05) is 89.4 Å². The van der Waals surface area contributed by atoms with Gasteiger partial charge in [-0.3, -0.25) is 9.78 Å². The van der Waals surface area contributed by atoms with Gasteiger partial charge in [-0.05, 0) is 82.2 Å². The average Bonchev–Trinajstić information content (AvgIpc) is 1.78. The largest absolute Gasteiger partial charge is 0.509 e. The van der Waals surface area contributed by atoms with Gasteiger partial charge in [-0.25, -0.2) is 11.3 Å². The monoisotopic (exact) mass is 1320 g/mol. The number of para-hydroxylation sites is 5. The number of aliphatic hydroxyl groups is 1. The Bertz CT molecular complexity index is 4750. The second kappa shape index (κ2) is 25.8. The van der Waals surface area contributed by atoms with E-state index in [1.54, 1.807) is 11.3 Å². The number of allylic oxidation sites excluding steroid dienone is 2. The molecule has 10 aromatic carbocycles. The Labute approximate surface area is 521 Å². The van der Waals surface area contributed by atoms with Crippen molar-refractivity contribution in [1.29, 1.82) is 0 Å². The number of aliphatic hydroxyl groups excluding tert-OH is 1. The van der Waals surface area contributed by atoms with Gasteiger partial charge in [0.15, 0.2) is 17.3 Å². The molecule has 0 unspecified atom stereocenters. The number of ether oxygens (including phenoxy) is 2. The number of aromatic nitrogens is 4. The number of thiophene rings is 1. The Morgan fingerprint density at radius 3 is 1.41 bits per heavy atom. The maximum Gasteiger partial charge on any atom is 0.207 e. The second-order valence-electron chi connectivity index (χ2n) is 20.5. The van der Waals surface area contributed by atoms with Crippen molar-refractivity contribution in [2.45, 2.75) is 13.8 Å². The summed E-state index contributed by atoms with van der Waals surface area (Å²) in [4.78, 5) is 22.8. The predicted octanol–water partition coefficient (Wildman–Crippen LogP) is 20.3. The van der Waals surface area contributed by atoms with Gasteiger partial charge in [-0.2, -0.15) is 0 Å². The molecular weight excluding hydrogens is 1270 g/mol. The van der Waals surface area contributed by atoms with Crippen molar-refractivity contribution < 1.29 is 39.5 Å². The maximum absolute atomic E-state index is 13.1. The zero-order valence-corrected chi connectivity index (χ0v) is 50.6. The van der Waals surface area contributed by atoms with E-state index in [-0.39, 0.29) is 31.6 Å². The van der Waals surface area contributed by atoms with Crippen LogP contribution in [-0.2, 0) is 24.9 Å². The van der Waals surface area contributed by atoms with Crippen molar-refractivity contribution >= 4 is 70.8 Å². The number of ketones is 1. The Balaban J connectivity index is 0.000000214. The molecule has 5 aromatic heterocycles. The normalized spacial score (nSPS) is 11.3. The number of carbonyl (C=O) groups excluding carboxylic acids is 1. The Morgan fingerprint density at radius 2 is 0.908 bits per heavy atom. The van der Waals surface area contributed by atoms with E-state index in [4.69, 9.17) is 9.47 Å². The first kappa shape index (κ1) is 57.0. The van der Waals surface area contributed by atoms with Crippen LogP contribution < -0.4 is 9.47 Å². The standard InChI is InChI=1S/C53H38N2O4.C13H8NS.C11H9N.Ir/c1-34(56)51(35(2)57)59-53-44(37-20-7-4-8-21-37)32-38(33-50(53)55-47-29-15-11-24-42(47)43-25-12-16-30-48(43)55)58-52-39(36-18-5-3-6-19-36)26-17-31-49(52)54-45-27-13-9-22-40(45)41-23-10-14-28-46(41)54;1-2-7-12-10(5-1)9-13(15-12)11-6-3-4-8-14-11;1-2-6-10(7-3-1)11-8-4-5-9-12-11;/h3-33,56H,1-2H3;1-8H;1-9H;/q;-1;;. The van der Waals surface area contributed by atoms with Gasteiger partial charge in [0.25, 0.3) is 0 Å². The SMILES string of the molecule is CC(=O)C(Oc1c(-c2ccccc2)cc(Oc2c(-c3ccccc3)cccc2-n2c3ccccc3c3ccccc32)cc1-n1c2ccccc2c2ccccc21)=C(C)O.[Ir].[c-]1c(-c2ccccn2)sc2ccccc12.c1ccc(-c2ccccn2)cc1. The summed E-state index contributed by atoms with van der Waals surface area (Å²) in [6, 6.07) is 97.5. The molecule has 0 aliphatic rings. The predicted molar refractivity (Wildman–Crippen MR) is 353 cm³/mol. The summed E-state index contributed by atoms with van der Waals surface area (Å²) in [6.07, 6.45) is 3.62. The van der Waals surface area contributed by atoms with Crippen LogP contribution in [-0.4, -0.2) is 30.0 Å². The van der Waals surface area contributed by atoms with Crippen molar-refractivity contribution in [2.24, 2.45) is 0 Å². The van der Waals surface area contributed by atoms with Crippen molar-refractivity contribution in [2.75, 3.05) is 0 Å². The number of hydrogen-bond donors (Lipinski definition) is 1. The maximum atomic E-state index is 13.1. The number of hydrogen-bond acceptors (Lipinski definition) is 7. The summed E-state index contributed by atoms with van der Waals surface area (Å²) in [7, 11) is 0. The van der Waals surface area contributed by atoms with E-state index in [0.717, 1.165) is 87.8 Å². The van der Waals surface area contributed by atoms with Gasteiger partial charge >= 0.3 is 0 Å². The Kier molecular flexibility index (Phi) is 16.9. The molecule has 0 fully saturated rings. The molecule has 1 N–H and O–H groups in total. The third-order valence-corrected chi connectivity index (χ3v) is 16.0. The van der Waals surface area contributed by atoms with E-state index in [0.29, 0.717) is 28.5 Å². The van der Waals surface area contributed by atoms with Crippen LogP contribution in [0.5, 0.6) is 17.2 Å². The van der Waals surface area contributed by atoms with Crippen LogP contribution in [0.4, 0.5) is 0 Å². The van der Waals surface area contributed by atoms with E-state index >= 15 is 0 Å². The summed E-state index contributed by atoms with van der Waals surface area (Å²) < 4.78 is 19.7. The third kappa shape index (κ3) is 11.7. The Hall–Kier alpha value is -10.5. The quantitative estimate of drug-likeness (QED) is 0.0788. The molecule has 0 amide bonds. The molecule has 423 valence electrons. The van der Waals surface area contributed by atoms with Gasteiger partial charge in [-0.15, -0.1) is 23.6 Å². The number of rotatable bonds is 11. The summed E-state index contributed by atoms with van der Waals surface area (Å²) in [6.45, 7) is 2.86. The minimum absolute atomic E-state index is 0. The smallest absolute Gasteiger partial charge is 0.207 e. The molecule has 0 spiro atoms. The first-order chi connectivity index (χ1) is 42.4. The topological polar surface area (TPSA) is 91.4 Å². The van der Waals surface area contributed by atoms with E-state index < -0.39 is 5.78 Å². The van der Waals surface area contributed by atoms with Crippen LogP contribution in [0.2, 0.25) is 0 Å². The fourth-order valence-corrected chi connectivity index (χ4v) is 12.0. The summed E-state index contributed by atoms with van der Waals surface area (Å²) >= 11 is 1.73. The molecule has 15 rings (SSSR count). The molecule has 0 bridgehead atoms. The molecule has 8 nitrogen and oxygen atoms in total. The van der Waals surface area contributed by atoms with Gasteiger partial charge in [0.2, 0.25) is 5.76 Å². The summed E-state index contributed by atoms with van der Waals surface area (Å²) in [5.74, 6) is 0.866. The molecule has 5 heterocycles. The van der Waals surface area contributed by atoms with Crippen LogP contribution in [0.3, 0.4) is 0 Å². The zero-order valence-electron chi connectivity index (χ0n) is 47.4. The van der Waals surface area contributed by atoms with Gasteiger partial charge in [0.1, 0.15) is 11.5 Å². The second-order valence-corrected chi connectivity index (χ2v) is 21.5. The van der Waals surface area contributed by atoms with Crippen LogP contribution in [0.15, 0.2) is 303 Å². The molecule has 87 heavy (non-hydrogen) atoms. The fourth-order valence-electron chi connectivity index (χ4n) is 11.1. The molecular formula is C77H55IrN4O4S-. The van der Waals surface area contributed by atoms with Crippen molar-refractivity contribution in [3.05, 3.63) is 309 Å². The van der Waals surface area contributed by atoms with Crippen molar-refractivity contribution in [3.63, 3.8) is 0 Å². The number of nitrogens with zero attached hydrogens (tertiary/aromatic N) is 4. The van der Waals surface area contributed by atoms with Gasteiger partial charge < -0.3 is 28.7 Å². The number of fused-ring (bicyclic) bond motifs is 7. The third-order valence-electron chi connectivity index (χ3n) is 14.9. The number of pyridine rings is 2. The minimum atomic E-state index is -0.398. The van der Waals surface area contributed by atoms with Crippen LogP contribution in [0.1, 0.15) is 13.8 Å². The van der Waals surface area contributed by atoms with Crippen LogP contribution >= 0.6 is 11.3 Å². The summed E-state index contributed by atoms with van der Waals surface area (Å²) in [5.41, 5.74) is 12.2. The number of carbonyl (C=O) groups is 1.